The van der Waals surface area contributed by atoms with Crippen LogP contribution in [0.4, 0.5) is 27.6 Å². The van der Waals surface area contributed by atoms with Crippen LogP contribution in [0, 0.1) is 17.0 Å². The van der Waals surface area contributed by atoms with Gasteiger partial charge in [-0.05, 0) is 36.8 Å². The minimum atomic E-state index is -4.56. The molecule has 8 nitrogen and oxygen atoms in total. The van der Waals surface area contributed by atoms with Gasteiger partial charge >= 0.3 is 6.18 Å². The van der Waals surface area contributed by atoms with E-state index in [0.717, 1.165) is 18.2 Å². The molecule has 3 aromatic rings. The summed E-state index contributed by atoms with van der Waals surface area (Å²) in [5, 5.41) is 13.2. The number of aliphatic hydroxyl groups excluding tert-OH is 1. The molecule has 5 rings (SSSR count). The number of nitrogens with one attached hydrogen (secondary N) is 1. The van der Waals surface area contributed by atoms with Gasteiger partial charge in [-0.15, -0.1) is 0 Å². The van der Waals surface area contributed by atoms with Crippen molar-refractivity contribution in [3.8, 4) is 11.5 Å². The quantitative estimate of drug-likeness (QED) is 0.0677. The largest absolute Gasteiger partial charge is 0.450 e. The molecular weight excluding hydrogens is 648 g/mol. The van der Waals surface area contributed by atoms with E-state index in [2.05, 4.69) is 34.9 Å². The SMILES string of the molecule is CSC(=Nc1cc(F)c(Oc2ccnc3c2c(C2(C(F)(F)F)CCC2)cn3COCC[Si](C)(C)C)c(F)c1)NCC1(CO)COC1. The van der Waals surface area contributed by atoms with Crippen molar-refractivity contribution in [2.75, 3.05) is 39.2 Å². The van der Waals surface area contributed by atoms with E-state index in [1.54, 1.807) is 6.26 Å². The Labute approximate surface area is 269 Å². The van der Waals surface area contributed by atoms with Crippen LogP contribution in [-0.4, -0.2) is 73.3 Å². The number of nitrogens with zero attached hydrogens (tertiary/aromatic N) is 3. The van der Waals surface area contributed by atoms with Crippen LogP contribution in [0.2, 0.25) is 25.7 Å². The normalized spacial score (nSPS) is 17.9. The van der Waals surface area contributed by atoms with Crippen LogP contribution in [0.25, 0.3) is 11.0 Å². The van der Waals surface area contributed by atoms with E-state index in [1.807, 2.05) is 0 Å². The van der Waals surface area contributed by atoms with Crippen LogP contribution in [-0.2, 0) is 21.6 Å². The molecule has 0 unspecified atom stereocenters. The Balaban J connectivity index is 1.47. The maximum atomic E-state index is 15.4. The van der Waals surface area contributed by atoms with Crippen molar-refractivity contribution in [2.24, 2.45) is 10.4 Å². The summed E-state index contributed by atoms with van der Waals surface area (Å²) < 4.78 is 92.9. The first kappa shape index (κ1) is 34.6. The van der Waals surface area contributed by atoms with Gasteiger partial charge in [0.1, 0.15) is 18.1 Å². The molecule has 1 aromatic carbocycles. The van der Waals surface area contributed by atoms with Gasteiger partial charge in [0.15, 0.2) is 22.6 Å². The van der Waals surface area contributed by atoms with Gasteiger partial charge in [-0.2, -0.15) is 13.2 Å². The van der Waals surface area contributed by atoms with Crippen LogP contribution in [0.5, 0.6) is 11.5 Å². The zero-order chi connectivity index (χ0) is 33.3. The second kappa shape index (κ2) is 13.4. The Hall–Kier alpha value is -2.72. The predicted octanol–water partition coefficient (Wildman–Crippen LogP) is 7.35. The van der Waals surface area contributed by atoms with Gasteiger partial charge in [-0.1, -0.05) is 37.8 Å². The Morgan fingerprint density at radius 3 is 2.41 bits per heavy atom. The van der Waals surface area contributed by atoms with Crippen molar-refractivity contribution < 1.29 is 41.3 Å². The van der Waals surface area contributed by atoms with Crippen molar-refractivity contribution in [2.45, 2.75) is 63.3 Å². The molecule has 1 aliphatic heterocycles. The summed E-state index contributed by atoms with van der Waals surface area (Å²) in [6.45, 7) is 8.06. The first-order valence-corrected chi connectivity index (χ1v) is 20.0. The third-order valence-electron chi connectivity index (χ3n) is 8.60. The number of aliphatic imine (C=N–C) groups is 1. The third-order valence-corrected chi connectivity index (χ3v) is 10.9. The van der Waals surface area contributed by atoms with E-state index in [4.69, 9.17) is 14.2 Å². The molecule has 15 heteroatoms. The average molecular weight is 687 g/mol. The van der Waals surface area contributed by atoms with Gasteiger partial charge < -0.3 is 29.2 Å². The highest BCUT2D eigenvalue weighted by atomic mass is 32.2. The Morgan fingerprint density at radius 2 is 1.89 bits per heavy atom. The summed E-state index contributed by atoms with van der Waals surface area (Å²) in [4.78, 5) is 8.64. The second-order valence-corrected chi connectivity index (χ2v) is 19.7. The minimum absolute atomic E-state index is 0.0287. The maximum absolute atomic E-state index is 15.4. The molecule has 46 heavy (non-hydrogen) atoms. The van der Waals surface area contributed by atoms with Gasteiger partial charge in [0.25, 0.3) is 0 Å². The van der Waals surface area contributed by atoms with Crippen LogP contribution in [0.3, 0.4) is 0 Å². The number of rotatable bonds is 12. The lowest BCUT2D eigenvalue weighted by molar-refractivity contribution is -0.212. The van der Waals surface area contributed by atoms with Crippen LogP contribution < -0.4 is 10.1 Å². The summed E-state index contributed by atoms with van der Waals surface area (Å²) in [7, 11) is -1.40. The molecule has 3 heterocycles. The van der Waals surface area contributed by atoms with Gasteiger partial charge in [0, 0.05) is 45.8 Å². The lowest BCUT2D eigenvalue weighted by Crippen LogP contribution is -2.52. The maximum Gasteiger partial charge on any atom is 0.398 e. The van der Waals surface area contributed by atoms with E-state index in [1.165, 1.54) is 34.8 Å². The van der Waals surface area contributed by atoms with Gasteiger partial charge in [-0.25, -0.2) is 18.8 Å². The third kappa shape index (κ3) is 7.08. The summed E-state index contributed by atoms with van der Waals surface area (Å²) in [5.74, 6) is -3.06. The Bertz CT molecular complexity index is 1560. The summed E-state index contributed by atoms with van der Waals surface area (Å²) in [6, 6.07) is 4.17. The molecular formula is C31H39F5N4O4SSi. The molecule has 1 aliphatic carbocycles. The fraction of sp³-hybridized carbons (Fsp3) is 0.548. The minimum Gasteiger partial charge on any atom is -0.450 e. The van der Waals surface area contributed by atoms with Crippen LogP contribution in [0.1, 0.15) is 24.8 Å². The molecule has 2 aromatic heterocycles. The molecule has 2 N–H and O–H groups in total. The van der Waals surface area contributed by atoms with Crippen LogP contribution >= 0.6 is 11.8 Å². The molecule has 0 bridgehead atoms. The monoisotopic (exact) mass is 686 g/mol. The highest BCUT2D eigenvalue weighted by Crippen LogP contribution is 2.57. The standard InChI is InChI=1S/C31H39F5N4O4SSi/c1-45-28(38-15-29(16-41)17-43-18-29)39-20-12-22(32)26(23(33)13-20)44-24-6-9-37-27-25(24)21(30(7-5-8-30)31(34,35)36)14-40(27)19-42-10-11-46(2,3)4/h6,9,12-14,41H,5,7-8,10-11,15-19H2,1-4H3,(H,38,39). The van der Waals surface area contributed by atoms with Crippen molar-refractivity contribution >= 4 is 41.7 Å². The first-order valence-electron chi connectivity index (χ1n) is 15.1. The smallest absolute Gasteiger partial charge is 0.398 e. The number of fused-ring (bicyclic) bond motifs is 1. The van der Waals surface area contributed by atoms with E-state index < -0.39 is 42.5 Å². The number of pyridine rings is 1. The van der Waals surface area contributed by atoms with Crippen molar-refractivity contribution in [3.05, 3.63) is 47.8 Å². The number of hydrogen-bond acceptors (Lipinski definition) is 7. The van der Waals surface area contributed by atoms with E-state index in [9.17, 15) is 18.3 Å². The number of ether oxygens (including phenoxy) is 3. The van der Waals surface area contributed by atoms with E-state index >= 15 is 8.78 Å². The molecule has 0 radical (unpaired) electrons. The van der Waals surface area contributed by atoms with E-state index in [-0.39, 0.29) is 54.2 Å². The molecule has 2 fully saturated rings. The van der Waals surface area contributed by atoms with Gasteiger partial charge in [0.05, 0.1) is 41.7 Å². The molecule has 252 valence electrons. The summed E-state index contributed by atoms with van der Waals surface area (Å²) >= 11 is 1.22. The number of aliphatic hydroxyl groups is 1. The summed E-state index contributed by atoms with van der Waals surface area (Å²) in [6.07, 6.45) is 0.0643. The zero-order valence-corrected chi connectivity index (χ0v) is 28.1. The van der Waals surface area contributed by atoms with Crippen molar-refractivity contribution in [1.82, 2.24) is 14.9 Å². The second-order valence-electron chi connectivity index (χ2n) is 13.3. The number of aromatic nitrogens is 2. The molecule has 0 atom stereocenters. The Morgan fingerprint density at radius 1 is 1.20 bits per heavy atom. The number of halogens is 5. The fourth-order valence-electron chi connectivity index (χ4n) is 5.51. The fourth-order valence-corrected chi connectivity index (χ4v) is 6.68. The Kier molecular flexibility index (Phi) is 10.1. The number of thioether (sulfide) groups is 1. The topological polar surface area (TPSA) is 90.1 Å². The molecule has 2 aliphatic rings. The van der Waals surface area contributed by atoms with Gasteiger partial charge in [-0.3, -0.25) is 0 Å². The highest BCUT2D eigenvalue weighted by Gasteiger charge is 2.60. The van der Waals surface area contributed by atoms with Crippen LogP contribution in [0.15, 0.2) is 35.6 Å². The number of benzene rings is 1. The first-order chi connectivity index (χ1) is 21.7. The highest BCUT2D eigenvalue weighted by molar-refractivity contribution is 8.13. The number of hydrogen-bond donors (Lipinski definition) is 2. The van der Waals surface area contributed by atoms with Gasteiger partial charge in [0.2, 0.25) is 0 Å². The average Bonchev–Trinajstić information content (AvgIpc) is 3.29. The number of alkyl halides is 3. The summed E-state index contributed by atoms with van der Waals surface area (Å²) in [5.41, 5.74) is -2.48. The number of amidine groups is 1. The molecule has 1 saturated heterocycles. The lowest BCUT2D eigenvalue weighted by atomic mass is 9.64. The zero-order valence-electron chi connectivity index (χ0n) is 26.3. The van der Waals surface area contributed by atoms with Crippen molar-refractivity contribution in [3.63, 3.8) is 0 Å². The van der Waals surface area contributed by atoms with E-state index in [0.29, 0.717) is 38.0 Å². The molecule has 0 amide bonds. The lowest BCUT2D eigenvalue weighted by Gasteiger charge is -2.43. The molecule has 1 saturated carbocycles. The predicted molar refractivity (Wildman–Crippen MR) is 171 cm³/mol. The van der Waals surface area contributed by atoms with Crippen molar-refractivity contribution in [1.29, 1.82) is 0 Å². The molecule has 0 spiro atoms.